The van der Waals surface area contributed by atoms with E-state index in [1.165, 1.54) is 0 Å². The van der Waals surface area contributed by atoms with Crippen molar-refractivity contribution in [3.05, 3.63) is 11.4 Å². The summed E-state index contributed by atoms with van der Waals surface area (Å²) in [4.78, 5) is 10.9. The fourth-order valence-electron chi connectivity index (χ4n) is 1.83. The number of rotatable bonds is 4. The van der Waals surface area contributed by atoms with Crippen LogP contribution in [0.3, 0.4) is 0 Å². The number of alkyl halides is 2. The van der Waals surface area contributed by atoms with E-state index in [1.807, 2.05) is 0 Å². The van der Waals surface area contributed by atoms with E-state index in [0.29, 0.717) is 6.61 Å². The summed E-state index contributed by atoms with van der Waals surface area (Å²) in [6, 6.07) is 0. The molecule has 0 aliphatic carbocycles. The number of nitrogens with two attached hydrogens (primary N) is 1. The van der Waals surface area contributed by atoms with Crippen molar-refractivity contribution in [1.82, 2.24) is 15.0 Å². The van der Waals surface area contributed by atoms with Crippen molar-refractivity contribution in [2.45, 2.75) is 31.9 Å². The van der Waals surface area contributed by atoms with Gasteiger partial charge in [0.1, 0.15) is 5.69 Å². The van der Waals surface area contributed by atoms with Gasteiger partial charge in [0.15, 0.2) is 5.69 Å². The molecule has 1 amide bonds. The topological polar surface area (TPSA) is 83.0 Å². The molecule has 0 spiro atoms. The molecule has 1 atom stereocenters. The molecule has 0 bridgehead atoms. The Morgan fingerprint density at radius 3 is 2.94 bits per heavy atom. The second kappa shape index (κ2) is 4.74. The molecule has 1 aromatic rings. The minimum absolute atomic E-state index is 0.157. The summed E-state index contributed by atoms with van der Waals surface area (Å²) in [5.41, 5.74) is 3.95. The fraction of sp³-hybridized carbons (Fsp3) is 0.667. The molecular formula is C9H12F2N4O2. The minimum Gasteiger partial charge on any atom is -0.376 e. The van der Waals surface area contributed by atoms with Gasteiger partial charge in [0.05, 0.1) is 12.6 Å². The average molecular weight is 246 g/mol. The summed E-state index contributed by atoms with van der Waals surface area (Å²) < 4.78 is 31.9. The van der Waals surface area contributed by atoms with Gasteiger partial charge in [0.2, 0.25) is 0 Å². The van der Waals surface area contributed by atoms with E-state index in [-0.39, 0.29) is 12.6 Å². The summed E-state index contributed by atoms with van der Waals surface area (Å²) in [7, 11) is 0. The Labute approximate surface area is 95.7 Å². The lowest BCUT2D eigenvalue weighted by Gasteiger charge is -2.11. The van der Waals surface area contributed by atoms with E-state index in [4.69, 9.17) is 10.5 Å². The highest BCUT2D eigenvalue weighted by molar-refractivity contribution is 5.91. The van der Waals surface area contributed by atoms with Crippen LogP contribution >= 0.6 is 0 Å². The number of hydrogen-bond acceptors (Lipinski definition) is 4. The van der Waals surface area contributed by atoms with Crippen LogP contribution < -0.4 is 5.73 Å². The van der Waals surface area contributed by atoms with Gasteiger partial charge in [-0.1, -0.05) is 5.21 Å². The predicted molar refractivity (Wildman–Crippen MR) is 52.5 cm³/mol. The Bertz CT molecular complexity index is 415. The van der Waals surface area contributed by atoms with Crippen LogP contribution in [0.5, 0.6) is 0 Å². The molecule has 1 aliphatic rings. The first-order valence-corrected chi connectivity index (χ1v) is 5.22. The molecule has 17 heavy (non-hydrogen) atoms. The Morgan fingerprint density at radius 2 is 2.41 bits per heavy atom. The molecular weight excluding hydrogens is 234 g/mol. The Balaban J connectivity index is 2.23. The normalized spacial score (nSPS) is 20.1. The third-order valence-electron chi connectivity index (χ3n) is 2.61. The molecule has 1 unspecified atom stereocenters. The second-order valence-corrected chi connectivity index (χ2v) is 3.81. The molecule has 94 valence electrons. The summed E-state index contributed by atoms with van der Waals surface area (Å²) in [5.74, 6) is -1.00. The third-order valence-corrected chi connectivity index (χ3v) is 2.61. The number of halogens is 2. The van der Waals surface area contributed by atoms with Crippen molar-refractivity contribution in [3.63, 3.8) is 0 Å². The van der Waals surface area contributed by atoms with Crippen LogP contribution in [-0.2, 0) is 11.3 Å². The Kier molecular flexibility index (Phi) is 3.32. The zero-order valence-electron chi connectivity index (χ0n) is 8.97. The highest BCUT2D eigenvalue weighted by Crippen LogP contribution is 2.23. The number of amides is 1. The van der Waals surface area contributed by atoms with E-state index in [2.05, 4.69) is 10.3 Å². The molecule has 1 aromatic heterocycles. The highest BCUT2D eigenvalue weighted by atomic mass is 19.3. The predicted octanol–water partition coefficient (Wildman–Crippen LogP) is 0.494. The molecule has 2 N–H and O–H groups in total. The number of nitrogens with zero attached hydrogens (tertiary/aromatic N) is 3. The minimum atomic E-state index is -2.84. The Hall–Kier alpha value is -1.57. The Morgan fingerprint density at radius 1 is 1.65 bits per heavy atom. The van der Waals surface area contributed by atoms with Gasteiger partial charge in [-0.25, -0.2) is 13.5 Å². The van der Waals surface area contributed by atoms with Gasteiger partial charge in [0, 0.05) is 6.61 Å². The quantitative estimate of drug-likeness (QED) is 0.838. The van der Waals surface area contributed by atoms with Gasteiger partial charge in [-0.2, -0.15) is 0 Å². The number of primary amides is 1. The molecule has 0 aromatic carbocycles. The van der Waals surface area contributed by atoms with Crippen molar-refractivity contribution in [2.75, 3.05) is 6.61 Å². The molecule has 8 heteroatoms. The van der Waals surface area contributed by atoms with Crippen LogP contribution in [0.2, 0.25) is 0 Å². The van der Waals surface area contributed by atoms with Crippen LogP contribution in [0.4, 0.5) is 8.78 Å². The summed E-state index contributed by atoms with van der Waals surface area (Å²) >= 11 is 0. The van der Waals surface area contributed by atoms with Crippen LogP contribution in [0, 0.1) is 0 Å². The van der Waals surface area contributed by atoms with Crippen LogP contribution in [-0.4, -0.2) is 33.6 Å². The highest BCUT2D eigenvalue weighted by Gasteiger charge is 2.27. The molecule has 2 rings (SSSR count). The van der Waals surface area contributed by atoms with Crippen molar-refractivity contribution in [1.29, 1.82) is 0 Å². The zero-order valence-corrected chi connectivity index (χ0v) is 8.97. The van der Waals surface area contributed by atoms with Gasteiger partial charge < -0.3 is 10.5 Å². The van der Waals surface area contributed by atoms with Crippen LogP contribution in [0.1, 0.15) is 35.4 Å². The lowest BCUT2D eigenvalue weighted by atomic mass is 10.2. The largest absolute Gasteiger partial charge is 0.376 e. The van der Waals surface area contributed by atoms with E-state index < -0.39 is 23.7 Å². The SMILES string of the molecule is NC(=O)c1nnn(CC2CCCO2)c1C(F)F. The molecule has 2 heterocycles. The van der Waals surface area contributed by atoms with Gasteiger partial charge in [0.25, 0.3) is 12.3 Å². The van der Waals surface area contributed by atoms with E-state index >= 15 is 0 Å². The maximum atomic E-state index is 12.8. The van der Waals surface area contributed by atoms with Gasteiger partial charge in [-0.05, 0) is 12.8 Å². The second-order valence-electron chi connectivity index (χ2n) is 3.81. The fourth-order valence-corrected chi connectivity index (χ4v) is 1.83. The first kappa shape index (κ1) is 11.9. The molecule has 0 saturated carbocycles. The number of aromatic nitrogens is 3. The van der Waals surface area contributed by atoms with Crippen molar-refractivity contribution < 1.29 is 18.3 Å². The lowest BCUT2D eigenvalue weighted by molar-refractivity contribution is 0.0840. The molecule has 1 aliphatic heterocycles. The molecule has 1 saturated heterocycles. The maximum Gasteiger partial charge on any atom is 0.282 e. The molecule has 0 radical (unpaired) electrons. The standard InChI is InChI=1S/C9H12F2N4O2/c10-8(11)7-6(9(12)16)13-14-15(7)4-5-2-1-3-17-5/h5,8H,1-4H2,(H2,12,16). The number of ether oxygens (including phenoxy) is 1. The van der Waals surface area contributed by atoms with E-state index in [9.17, 15) is 13.6 Å². The first-order chi connectivity index (χ1) is 8.09. The first-order valence-electron chi connectivity index (χ1n) is 5.22. The molecule has 1 fully saturated rings. The number of hydrogen-bond donors (Lipinski definition) is 1. The summed E-state index contributed by atoms with van der Waals surface area (Å²) in [6.45, 7) is 0.784. The van der Waals surface area contributed by atoms with Crippen LogP contribution in [0.25, 0.3) is 0 Å². The lowest BCUT2D eigenvalue weighted by Crippen LogP contribution is -2.20. The average Bonchev–Trinajstić information content (AvgIpc) is 2.86. The van der Waals surface area contributed by atoms with Crippen molar-refractivity contribution in [2.24, 2.45) is 5.73 Å². The van der Waals surface area contributed by atoms with E-state index in [0.717, 1.165) is 17.5 Å². The van der Waals surface area contributed by atoms with Crippen molar-refractivity contribution >= 4 is 5.91 Å². The van der Waals surface area contributed by atoms with Crippen molar-refractivity contribution in [3.8, 4) is 0 Å². The van der Waals surface area contributed by atoms with Crippen LogP contribution in [0.15, 0.2) is 0 Å². The van der Waals surface area contributed by atoms with Gasteiger partial charge >= 0.3 is 0 Å². The maximum absolute atomic E-state index is 12.8. The summed E-state index contributed by atoms with van der Waals surface area (Å²) in [5, 5.41) is 6.91. The van der Waals surface area contributed by atoms with E-state index in [1.54, 1.807) is 0 Å². The number of carbonyl (C=O) groups is 1. The molecule has 6 nitrogen and oxygen atoms in total. The van der Waals surface area contributed by atoms with Gasteiger partial charge in [-0.15, -0.1) is 5.10 Å². The third kappa shape index (κ3) is 2.41. The summed E-state index contributed by atoms with van der Waals surface area (Å²) in [6.07, 6.45) is -1.32. The van der Waals surface area contributed by atoms with Gasteiger partial charge in [-0.3, -0.25) is 4.79 Å². The zero-order chi connectivity index (χ0) is 12.4. The number of carbonyl (C=O) groups excluding carboxylic acids is 1. The monoisotopic (exact) mass is 246 g/mol. The smallest absolute Gasteiger partial charge is 0.282 e.